The van der Waals surface area contributed by atoms with Crippen molar-refractivity contribution in [2.45, 2.75) is 13.5 Å². The first-order chi connectivity index (χ1) is 15.5. The number of carbonyl (C=O) groups is 1. The number of pyridine rings is 1. The van der Waals surface area contributed by atoms with Crippen molar-refractivity contribution in [3.8, 4) is 0 Å². The fraction of sp³-hybridized carbons (Fsp3) is 0.0870. The Labute approximate surface area is 190 Å². The summed E-state index contributed by atoms with van der Waals surface area (Å²) in [4.78, 5) is 35.4. The molecule has 2 aromatic carbocycles. The summed E-state index contributed by atoms with van der Waals surface area (Å²) < 4.78 is 1.83. The number of fused-ring (bicyclic) bond motifs is 2. The minimum absolute atomic E-state index is 0.00293. The van der Waals surface area contributed by atoms with Crippen molar-refractivity contribution >= 4 is 59.7 Å². The third-order valence-electron chi connectivity index (χ3n) is 5.07. The minimum Gasteiger partial charge on any atom is -0.279 e. The number of thiazole rings is 1. The molecule has 32 heavy (non-hydrogen) atoms. The van der Waals surface area contributed by atoms with Crippen molar-refractivity contribution in [1.29, 1.82) is 0 Å². The lowest BCUT2D eigenvalue weighted by atomic mass is 10.2. The van der Waals surface area contributed by atoms with Crippen LogP contribution in [-0.2, 0) is 6.54 Å². The molecule has 9 heteroatoms. The van der Waals surface area contributed by atoms with Crippen molar-refractivity contribution in [3.63, 3.8) is 0 Å². The van der Waals surface area contributed by atoms with Crippen LogP contribution in [0.3, 0.4) is 0 Å². The molecular formula is C23H16N4O3S2. The molecule has 0 aliphatic rings. The molecule has 0 atom stereocenters. The van der Waals surface area contributed by atoms with E-state index in [0.29, 0.717) is 21.9 Å². The number of amides is 1. The van der Waals surface area contributed by atoms with Crippen LogP contribution in [0.25, 0.3) is 20.3 Å². The van der Waals surface area contributed by atoms with E-state index in [2.05, 4.69) is 4.98 Å². The summed E-state index contributed by atoms with van der Waals surface area (Å²) in [7, 11) is 0. The lowest BCUT2D eigenvalue weighted by Gasteiger charge is -2.19. The molecule has 0 N–H and O–H groups in total. The molecule has 0 aliphatic heterocycles. The second-order valence-electron chi connectivity index (χ2n) is 7.26. The van der Waals surface area contributed by atoms with Gasteiger partial charge >= 0.3 is 0 Å². The minimum atomic E-state index is -0.434. The number of para-hydroxylation sites is 1. The summed E-state index contributed by atoms with van der Waals surface area (Å²) in [5, 5.41) is 12.4. The zero-order chi connectivity index (χ0) is 22.2. The normalized spacial score (nSPS) is 11.2. The highest BCUT2D eigenvalue weighted by Gasteiger charge is 2.24. The van der Waals surface area contributed by atoms with Crippen molar-refractivity contribution in [2.24, 2.45) is 0 Å². The molecule has 1 amide bonds. The van der Waals surface area contributed by atoms with E-state index >= 15 is 0 Å². The Morgan fingerprint density at radius 2 is 1.97 bits per heavy atom. The van der Waals surface area contributed by atoms with E-state index in [4.69, 9.17) is 4.98 Å². The number of carbonyl (C=O) groups excluding carboxylic acids is 1. The lowest BCUT2D eigenvalue weighted by molar-refractivity contribution is -0.384. The molecule has 0 saturated carbocycles. The molecule has 0 radical (unpaired) electrons. The van der Waals surface area contributed by atoms with Gasteiger partial charge in [-0.05, 0) is 42.3 Å². The molecule has 7 nitrogen and oxygen atoms in total. The average Bonchev–Trinajstić information content (AvgIpc) is 3.42. The number of non-ortho nitro benzene ring substituents is 1. The summed E-state index contributed by atoms with van der Waals surface area (Å²) in [6, 6.07) is 16.1. The van der Waals surface area contributed by atoms with E-state index in [9.17, 15) is 14.9 Å². The molecular weight excluding hydrogens is 444 g/mol. The van der Waals surface area contributed by atoms with Crippen LogP contribution in [0.4, 0.5) is 10.8 Å². The summed E-state index contributed by atoms with van der Waals surface area (Å²) >= 11 is 2.78. The number of nitrogens with zero attached hydrogens (tertiary/aromatic N) is 4. The van der Waals surface area contributed by atoms with Crippen LogP contribution >= 0.6 is 22.7 Å². The van der Waals surface area contributed by atoms with Gasteiger partial charge in [0.1, 0.15) is 0 Å². The van der Waals surface area contributed by atoms with E-state index < -0.39 is 4.92 Å². The van der Waals surface area contributed by atoms with Gasteiger partial charge in [-0.3, -0.25) is 24.8 Å². The number of hydrogen-bond donors (Lipinski definition) is 0. The first kappa shape index (κ1) is 20.2. The number of thiophene rings is 1. The molecule has 5 aromatic rings. The average molecular weight is 461 g/mol. The van der Waals surface area contributed by atoms with Crippen molar-refractivity contribution < 1.29 is 9.72 Å². The Kier molecular flexibility index (Phi) is 5.12. The lowest BCUT2D eigenvalue weighted by Crippen LogP contribution is -2.29. The van der Waals surface area contributed by atoms with Gasteiger partial charge < -0.3 is 0 Å². The smallest absolute Gasteiger partial charge is 0.270 e. The van der Waals surface area contributed by atoms with Crippen LogP contribution in [0, 0.1) is 17.0 Å². The Bertz CT molecular complexity index is 1480. The number of hydrogen-bond acceptors (Lipinski definition) is 7. The first-order valence-electron chi connectivity index (χ1n) is 9.74. The molecule has 0 bridgehead atoms. The third-order valence-corrected chi connectivity index (χ3v) is 7.22. The van der Waals surface area contributed by atoms with Gasteiger partial charge in [-0.25, -0.2) is 4.98 Å². The fourth-order valence-corrected chi connectivity index (χ4v) is 5.51. The fourth-order valence-electron chi connectivity index (χ4n) is 3.47. The second-order valence-corrected chi connectivity index (χ2v) is 9.35. The molecule has 0 aliphatic carbocycles. The monoisotopic (exact) mass is 460 g/mol. The number of benzene rings is 2. The van der Waals surface area contributed by atoms with Crippen LogP contribution in [0.2, 0.25) is 0 Å². The Hall–Kier alpha value is -3.69. The molecule has 3 aromatic heterocycles. The van der Waals surface area contributed by atoms with Crippen LogP contribution in [-0.4, -0.2) is 20.8 Å². The molecule has 0 fully saturated rings. The van der Waals surface area contributed by atoms with Gasteiger partial charge in [0.05, 0.1) is 26.6 Å². The first-order valence-corrected chi connectivity index (χ1v) is 11.4. The number of nitro benzene ring substituents is 1. The summed E-state index contributed by atoms with van der Waals surface area (Å²) in [6.07, 6.45) is 3.42. The summed E-state index contributed by atoms with van der Waals surface area (Å²) in [5.41, 5.74) is 2.81. The van der Waals surface area contributed by atoms with E-state index in [1.807, 2.05) is 37.3 Å². The van der Waals surface area contributed by atoms with Gasteiger partial charge in [-0.1, -0.05) is 29.5 Å². The molecule has 0 saturated heterocycles. The maximum atomic E-state index is 13.6. The summed E-state index contributed by atoms with van der Waals surface area (Å²) in [5.74, 6) is -0.200. The van der Waals surface area contributed by atoms with E-state index in [0.717, 1.165) is 26.0 Å². The molecule has 0 spiro atoms. The van der Waals surface area contributed by atoms with E-state index in [1.54, 1.807) is 29.4 Å². The van der Waals surface area contributed by atoms with E-state index in [1.165, 1.54) is 34.8 Å². The highest BCUT2D eigenvalue weighted by molar-refractivity contribution is 7.23. The van der Waals surface area contributed by atoms with E-state index in [-0.39, 0.29) is 11.6 Å². The van der Waals surface area contributed by atoms with Crippen molar-refractivity contribution in [1.82, 2.24) is 9.97 Å². The Balaban J connectivity index is 1.59. The third kappa shape index (κ3) is 3.72. The standard InChI is InChI=1S/C23H16N4O3S2/c1-14-4-2-6-19-21(14)25-23(32-19)26(13-15-5-3-9-24-12-15)22(28)20-11-16-10-17(27(29)30)7-8-18(16)31-20/h2-12H,13H2,1H3. The van der Waals surface area contributed by atoms with Gasteiger partial charge in [0.15, 0.2) is 5.13 Å². The zero-order valence-electron chi connectivity index (χ0n) is 16.9. The second kappa shape index (κ2) is 8.10. The SMILES string of the molecule is Cc1cccc2sc(N(Cc3cccnc3)C(=O)c3cc4cc([N+](=O)[O-])ccc4s3)nc12. The summed E-state index contributed by atoms with van der Waals surface area (Å²) in [6.45, 7) is 2.32. The molecule has 0 unspecified atom stereocenters. The van der Waals surface area contributed by atoms with Gasteiger partial charge in [0.2, 0.25) is 0 Å². The molecule has 3 heterocycles. The molecule has 158 valence electrons. The topological polar surface area (TPSA) is 89.2 Å². The predicted octanol–water partition coefficient (Wildman–Crippen LogP) is 5.97. The van der Waals surface area contributed by atoms with Gasteiger partial charge in [0, 0.05) is 34.6 Å². The van der Waals surface area contributed by atoms with Crippen molar-refractivity contribution in [2.75, 3.05) is 4.90 Å². The quantitative estimate of drug-likeness (QED) is 0.238. The number of aromatic nitrogens is 2. The van der Waals surface area contributed by atoms with Crippen LogP contribution in [0.1, 0.15) is 20.8 Å². The van der Waals surface area contributed by atoms with Gasteiger partial charge in [-0.15, -0.1) is 11.3 Å². The van der Waals surface area contributed by atoms with Crippen LogP contribution in [0.5, 0.6) is 0 Å². The largest absolute Gasteiger partial charge is 0.279 e. The van der Waals surface area contributed by atoms with Gasteiger partial charge in [-0.2, -0.15) is 0 Å². The predicted molar refractivity (Wildman–Crippen MR) is 128 cm³/mol. The number of nitro groups is 1. The molecule has 5 rings (SSSR count). The van der Waals surface area contributed by atoms with Crippen LogP contribution in [0.15, 0.2) is 67.0 Å². The highest BCUT2D eigenvalue weighted by Crippen LogP contribution is 2.35. The Morgan fingerprint density at radius 1 is 1.09 bits per heavy atom. The maximum Gasteiger partial charge on any atom is 0.270 e. The maximum absolute atomic E-state index is 13.6. The van der Waals surface area contributed by atoms with Gasteiger partial charge in [0.25, 0.3) is 11.6 Å². The van der Waals surface area contributed by atoms with Crippen molar-refractivity contribution in [3.05, 3.63) is 93.1 Å². The Morgan fingerprint density at radius 3 is 2.72 bits per heavy atom. The number of rotatable bonds is 5. The van der Waals surface area contributed by atoms with Crippen LogP contribution < -0.4 is 4.90 Å². The number of aryl methyl sites for hydroxylation is 1. The highest BCUT2D eigenvalue weighted by atomic mass is 32.1. The number of anilines is 1. The zero-order valence-corrected chi connectivity index (χ0v) is 18.5.